The van der Waals surface area contributed by atoms with Gasteiger partial charge in [0.05, 0.1) is 18.3 Å². The topological polar surface area (TPSA) is 44.4 Å². The van der Waals surface area contributed by atoms with Gasteiger partial charge in [0.1, 0.15) is 5.75 Å². The normalized spacial score (nSPS) is 22.2. The zero-order valence-electron chi connectivity index (χ0n) is 19.3. The Kier molecular flexibility index (Phi) is 5.43. The molecule has 3 heterocycles. The molecule has 0 spiro atoms. The largest absolute Gasteiger partial charge is 0.497 e. The number of para-hydroxylation sites is 1. The van der Waals surface area contributed by atoms with Gasteiger partial charge in [0.25, 0.3) is 0 Å². The lowest BCUT2D eigenvalue weighted by Crippen LogP contribution is -2.51. The highest BCUT2D eigenvalue weighted by Crippen LogP contribution is 2.38. The second-order valence-electron chi connectivity index (χ2n) is 9.54. The lowest BCUT2D eigenvalue weighted by atomic mass is 9.81. The summed E-state index contributed by atoms with van der Waals surface area (Å²) in [5.41, 5.74) is 5.07. The zero-order valence-corrected chi connectivity index (χ0v) is 19.3. The van der Waals surface area contributed by atoms with Crippen molar-refractivity contribution in [2.24, 2.45) is 0 Å². The molecule has 2 aromatic carbocycles. The number of hydrogen-bond acceptors (Lipinski definition) is 4. The minimum atomic E-state index is 0.688. The molecule has 4 aromatic rings. The molecule has 33 heavy (non-hydrogen) atoms. The first-order chi connectivity index (χ1) is 16.3. The highest BCUT2D eigenvalue weighted by atomic mass is 16.5. The molecule has 5 nitrogen and oxygen atoms in total. The first-order valence-corrected chi connectivity index (χ1v) is 12.3. The van der Waals surface area contributed by atoms with E-state index in [1.54, 1.807) is 7.11 Å². The molecule has 2 aliphatic rings. The number of anilines is 1. The standard InChI is InChI=1S/C28H32N4O/c1-33-23-17-21-5-4-12-29-28(21)27(18-23)32-15-13-31(14-16-32)22-10-8-20(9-11-22)25-19-30-26-7-3-2-6-24(25)26/h2-7,12,17-20,22,30H,8-11,13-16H2,1H3. The minimum Gasteiger partial charge on any atom is -0.497 e. The van der Waals surface area contributed by atoms with Gasteiger partial charge in [-0.3, -0.25) is 9.88 Å². The monoisotopic (exact) mass is 440 g/mol. The first-order valence-electron chi connectivity index (χ1n) is 12.3. The predicted molar refractivity (Wildman–Crippen MR) is 135 cm³/mol. The zero-order chi connectivity index (χ0) is 22.2. The molecule has 2 aromatic heterocycles. The van der Waals surface area contributed by atoms with Crippen LogP contribution in [0.5, 0.6) is 5.75 Å². The second-order valence-corrected chi connectivity index (χ2v) is 9.54. The van der Waals surface area contributed by atoms with Crippen molar-refractivity contribution in [3.8, 4) is 5.75 Å². The van der Waals surface area contributed by atoms with Gasteiger partial charge in [0.2, 0.25) is 0 Å². The molecule has 0 atom stereocenters. The fourth-order valence-corrected chi connectivity index (χ4v) is 6.02. The Balaban J connectivity index is 1.11. The number of nitrogens with zero attached hydrogens (tertiary/aromatic N) is 3. The van der Waals surface area contributed by atoms with E-state index in [0.717, 1.165) is 42.8 Å². The summed E-state index contributed by atoms with van der Waals surface area (Å²) in [6.45, 7) is 4.32. The number of methoxy groups -OCH3 is 1. The number of H-pyrrole nitrogens is 1. The molecule has 6 rings (SSSR count). The highest BCUT2D eigenvalue weighted by molar-refractivity contribution is 5.92. The minimum absolute atomic E-state index is 0.688. The third-order valence-electron chi connectivity index (χ3n) is 7.82. The van der Waals surface area contributed by atoms with Gasteiger partial charge in [-0.05, 0) is 55.4 Å². The molecule has 0 radical (unpaired) electrons. The van der Waals surface area contributed by atoms with E-state index in [-0.39, 0.29) is 0 Å². The van der Waals surface area contributed by atoms with Crippen molar-refractivity contribution in [2.45, 2.75) is 37.6 Å². The smallest absolute Gasteiger partial charge is 0.121 e. The van der Waals surface area contributed by atoms with Crippen LogP contribution in [-0.2, 0) is 0 Å². The summed E-state index contributed by atoms with van der Waals surface area (Å²) in [7, 11) is 1.74. The van der Waals surface area contributed by atoms with Gasteiger partial charge in [0.15, 0.2) is 0 Å². The fourth-order valence-electron chi connectivity index (χ4n) is 6.02. The lowest BCUT2D eigenvalue weighted by Gasteiger charge is -2.42. The van der Waals surface area contributed by atoms with Crippen molar-refractivity contribution in [2.75, 3.05) is 38.2 Å². The predicted octanol–water partition coefficient (Wildman–Crippen LogP) is 5.57. The van der Waals surface area contributed by atoms with Gasteiger partial charge in [0, 0.05) is 67.0 Å². The van der Waals surface area contributed by atoms with E-state index in [4.69, 9.17) is 4.74 Å². The molecule has 1 saturated heterocycles. The van der Waals surface area contributed by atoms with E-state index < -0.39 is 0 Å². The number of rotatable bonds is 4. The molecule has 1 aliphatic heterocycles. The van der Waals surface area contributed by atoms with Gasteiger partial charge in [-0.25, -0.2) is 0 Å². The van der Waals surface area contributed by atoms with Crippen molar-refractivity contribution in [3.05, 3.63) is 66.5 Å². The molecule has 1 aliphatic carbocycles. The first kappa shape index (κ1) is 20.5. The Morgan fingerprint density at radius 1 is 0.939 bits per heavy atom. The van der Waals surface area contributed by atoms with Gasteiger partial charge in [-0.2, -0.15) is 0 Å². The number of pyridine rings is 1. The number of nitrogens with one attached hydrogen (secondary N) is 1. The van der Waals surface area contributed by atoms with Crippen molar-refractivity contribution >= 4 is 27.5 Å². The number of aromatic nitrogens is 2. The van der Waals surface area contributed by atoms with E-state index in [0.29, 0.717) is 12.0 Å². The average molecular weight is 441 g/mol. The Hall–Kier alpha value is -3.05. The van der Waals surface area contributed by atoms with E-state index in [1.807, 2.05) is 12.3 Å². The molecule has 170 valence electrons. The van der Waals surface area contributed by atoms with Gasteiger partial charge in [-0.1, -0.05) is 24.3 Å². The van der Waals surface area contributed by atoms with Crippen LogP contribution in [0.1, 0.15) is 37.2 Å². The molecular weight excluding hydrogens is 408 g/mol. The van der Waals surface area contributed by atoms with E-state index in [9.17, 15) is 0 Å². The number of hydrogen-bond donors (Lipinski definition) is 1. The van der Waals surface area contributed by atoms with Crippen LogP contribution >= 0.6 is 0 Å². The molecular formula is C28H32N4O. The SMILES string of the molecule is COc1cc(N2CCN(C3CCC(c4c[nH]c5ccccc45)CC3)CC2)c2ncccc2c1. The van der Waals surface area contributed by atoms with Crippen LogP contribution in [0.25, 0.3) is 21.8 Å². The number of ether oxygens (including phenoxy) is 1. The molecule has 2 fully saturated rings. The third kappa shape index (κ3) is 3.84. The molecule has 0 bridgehead atoms. The number of aromatic amines is 1. The molecule has 1 N–H and O–H groups in total. The summed E-state index contributed by atoms with van der Waals surface area (Å²) in [6.07, 6.45) is 9.32. The van der Waals surface area contributed by atoms with Crippen molar-refractivity contribution in [1.82, 2.24) is 14.9 Å². The molecule has 0 unspecified atom stereocenters. The maximum Gasteiger partial charge on any atom is 0.121 e. The Morgan fingerprint density at radius 2 is 1.76 bits per heavy atom. The summed E-state index contributed by atoms with van der Waals surface area (Å²) < 4.78 is 5.57. The van der Waals surface area contributed by atoms with E-state index in [1.165, 1.54) is 47.8 Å². The quantitative estimate of drug-likeness (QED) is 0.450. The number of piperazine rings is 1. The van der Waals surface area contributed by atoms with Crippen LogP contribution in [0.4, 0.5) is 5.69 Å². The summed E-state index contributed by atoms with van der Waals surface area (Å²) in [5.74, 6) is 1.59. The maximum absolute atomic E-state index is 5.57. The lowest BCUT2D eigenvalue weighted by molar-refractivity contribution is 0.141. The Morgan fingerprint density at radius 3 is 2.58 bits per heavy atom. The van der Waals surface area contributed by atoms with Crippen LogP contribution < -0.4 is 9.64 Å². The summed E-state index contributed by atoms with van der Waals surface area (Å²) in [4.78, 5) is 13.4. The fraction of sp³-hybridized carbons (Fsp3) is 0.393. The van der Waals surface area contributed by atoms with Crippen LogP contribution in [0.3, 0.4) is 0 Å². The van der Waals surface area contributed by atoms with E-state index in [2.05, 4.69) is 68.4 Å². The van der Waals surface area contributed by atoms with E-state index >= 15 is 0 Å². The Bertz CT molecular complexity index is 1250. The van der Waals surface area contributed by atoms with Crippen LogP contribution in [-0.4, -0.2) is 54.2 Å². The summed E-state index contributed by atoms with van der Waals surface area (Å²) >= 11 is 0. The molecule has 0 amide bonds. The Labute approximate surface area is 195 Å². The average Bonchev–Trinajstić information content (AvgIpc) is 3.32. The van der Waals surface area contributed by atoms with Crippen molar-refractivity contribution in [1.29, 1.82) is 0 Å². The van der Waals surface area contributed by atoms with Gasteiger partial charge >= 0.3 is 0 Å². The van der Waals surface area contributed by atoms with Gasteiger partial charge < -0.3 is 14.6 Å². The molecule has 5 heteroatoms. The van der Waals surface area contributed by atoms with Crippen LogP contribution in [0, 0.1) is 0 Å². The van der Waals surface area contributed by atoms with Crippen LogP contribution in [0.15, 0.2) is 60.9 Å². The summed E-state index contributed by atoms with van der Waals surface area (Å²) in [6, 6.07) is 17.8. The second kappa shape index (κ2) is 8.71. The third-order valence-corrected chi connectivity index (χ3v) is 7.82. The summed E-state index contributed by atoms with van der Waals surface area (Å²) in [5, 5.41) is 2.55. The highest BCUT2D eigenvalue weighted by Gasteiger charge is 2.30. The number of benzene rings is 2. The van der Waals surface area contributed by atoms with Gasteiger partial charge in [-0.15, -0.1) is 0 Å². The molecule has 1 saturated carbocycles. The van der Waals surface area contributed by atoms with Crippen molar-refractivity contribution < 1.29 is 4.74 Å². The van der Waals surface area contributed by atoms with Crippen LogP contribution in [0.2, 0.25) is 0 Å². The number of fused-ring (bicyclic) bond motifs is 2. The maximum atomic E-state index is 5.57. The van der Waals surface area contributed by atoms with Crippen molar-refractivity contribution in [3.63, 3.8) is 0 Å².